The zero-order chi connectivity index (χ0) is 6.24. The van der Waals surface area contributed by atoms with Gasteiger partial charge < -0.3 is 9.58 Å². The van der Waals surface area contributed by atoms with Gasteiger partial charge in [0, 0.05) is 13.0 Å². The summed E-state index contributed by atoms with van der Waals surface area (Å²) in [6, 6.07) is 0. The van der Waals surface area contributed by atoms with E-state index in [0.29, 0.717) is 6.54 Å². The van der Waals surface area contributed by atoms with Gasteiger partial charge in [0.15, 0.2) is 0 Å². The molecule has 0 spiro atoms. The molecule has 0 rings (SSSR count). The van der Waals surface area contributed by atoms with Crippen LogP contribution in [0.4, 0.5) is 0 Å². The van der Waals surface area contributed by atoms with Crippen LogP contribution in [-0.2, 0) is 4.74 Å². The molecule has 0 saturated heterocycles. The maximum absolute atomic E-state index is 6.41. The Kier molecular flexibility index (Phi) is 6.01. The lowest BCUT2D eigenvalue weighted by Gasteiger charge is -1.92. The Labute approximate surface area is 50.3 Å². The highest BCUT2D eigenvalue weighted by atomic mass is 16.5. The maximum Gasteiger partial charge on any atom is 0.216 e. The van der Waals surface area contributed by atoms with Gasteiger partial charge >= 0.3 is 0 Å². The lowest BCUT2D eigenvalue weighted by Crippen LogP contribution is -1.93. The molecule has 0 aromatic rings. The number of hydrogen-bond donors (Lipinski definition) is 0. The molecule has 46 valence electrons. The Balaban J connectivity index is 2.65. The summed E-state index contributed by atoms with van der Waals surface area (Å²) >= 11 is 0. The second-order valence-corrected chi connectivity index (χ2v) is 1.43. The quantitative estimate of drug-likeness (QED) is 0.396. The Hall–Kier alpha value is -0.550. The van der Waals surface area contributed by atoms with Crippen LogP contribution in [0.3, 0.4) is 0 Å². The number of nitrogens with zero attached hydrogens (tertiary/aromatic N) is 1. The minimum absolute atomic E-state index is 0.597. The molecule has 0 heterocycles. The van der Waals surface area contributed by atoms with Crippen LogP contribution in [0.2, 0.25) is 0 Å². The van der Waals surface area contributed by atoms with Gasteiger partial charge in [0.25, 0.3) is 0 Å². The number of ether oxygens (including phenoxy) is 1. The van der Waals surface area contributed by atoms with Crippen LogP contribution >= 0.6 is 0 Å². The molecule has 0 amide bonds. The third-order valence-electron chi connectivity index (χ3n) is 0.763. The van der Waals surface area contributed by atoms with Gasteiger partial charge in [-0.15, -0.1) is 0 Å². The fourth-order valence-corrected chi connectivity index (χ4v) is 0.390. The van der Waals surface area contributed by atoms with E-state index in [0.717, 1.165) is 19.6 Å². The van der Waals surface area contributed by atoms with E-state index in [4.69, 9.17) is 11.3 Å². The molecule has 0 bridgehead atoms. The average Bonchev–Trinajstić information content (AvgIpc) is 1.81. The van der Waals surface area contributed by atoms with Crippen molar-refractivity contribution in [3.63, 3.8) is 0 Å². The van der Waals surface area contributed by atoms with Gasteiger partial charge in [-0.25, -0.2) is 6.57 Å². The summed E-state index contributed by atoms with van der Waals surface area (Å²) in [5, 5.41) is 0. The maximum atomic E-state index is 6.41. The van der Waals surface area contributed by atoms with Crippen molar-refractivity contribution in [1.82, 2.24) is 0 Å². The van der Waals surface area contributed by atoms with Crippen molar-refractivity contribution < 1.29 is 4.74 Å². The second kappa shape index (κ2) is 6.45. The summed E-state index contributed by atoms with van der Waals surface area (Å²) < 4.78 is 4.99. The van der Waals surface area contributed by atoms with E-state index in [1.54, 1.807) is 0 Å². The highest BCUT2D eigenvalue weighted by molar-refractivity contribution is 4.56. The Morgan fingerprint density at radius 2 is 2.38 bits per heavy atom. The van der Waals surface area contributed by atoms with Gasteiger partial charge in [0.2, 0.25) is 6.54 Å². The first kappa shape index (κ1) is 7.45. The minimum atomic E-state index is 0.597. The number of rotatable bonds is 4. The van der Waals surface area contributed by atoms with Crippen molar-refractivity contribution in [2.45, 2.75) is 13.3 Å². The van der Waals surface area contributed by atoms with E-state index < -0.39 is 0 Å². The molecule has 0 fully saturated rings. The second-order valence-electron chi connectivity index (χ2n) is 1.43. The summed E-state index contributed by atoms with van der Waals surface area (Å²) in [7, 11) is 0. The van der Waals surface area contributed by atoms with Crippen LogP contribution in [0.5, 0.6) is 0 Å². The standard InChI is InChI=1S/C6H11NO/c1-3-8-6-4-5-7-2/h3-6H2,1H3. The molecular formula is C6H11NO. The van der Waals surface area contributed by atoms with Crippen LogP contribution in [0.25, 0.3) is 4.85 Å². The third kappa shape index (κ3) is 5.45. The van der Waals surface area contributed by atoms with Crippen molar-refractivity contribution in [2.75, 3.05) is 19.8 Å². The van der Waals surface area contributed by atoms with Gasteiger partial charge in [-0.3, -0.25) is 0 Å². The van der Waals surface area contributed by atoms with Crippen molar-refractivity contribution in [1.29, 1.82) is 0 Å². The Morgan fingerprint density at radius 3 is 2.88 bits per heavy atom. The molecule has 0 aromatic heterocycles. The molecule has 2 nitrogen and oxygen atoms in total. The first-order valence-corrected chi connectivity index (χ1v) is 2.82. The lowest BCUT2D eigenvalue weighted by molar-refractivity contribution is 0.148. The zero-order valence-corrected chi connectivity index (χ0v) is 5.18. The van der Waals surface area contributed by atoms with E-state index >= 15 is 0 Å². The Bertz CT molecular complexity index is 75.1. The smallest absolute Gasteiger partial charge is 0.216 e. The van der Waals surface area contributed by atoms with Crippen molar-refractivity contribution >= 4 is 0 Å². The van der Waals surface area contributed by atoms with Crippen molar-refractivity contribution in [3.8, 4) is 0 Å². The molecule has 0 aliphatic rings. The van der Waals surface area contributed by atoms with Crippen molar-refractivity contribution in [2.24, 2.45) is 0 Å². The van der Waals surface area contributed by atoms with Crippen LogP contribution in [0.1, 0.15) is 13.3 Å². The molecule has 0 N–H and O–H groups in total. The van der Waals surface area contributed by atoms with Gasteiger partial charge in [-0.1, -0.05) is 0 Å². The highest BCUT2D eigenvalue weighted by Crippen LogP contribution is 1.81. The fourth-order valence-electron chi connectivity index (χ4n) is 0.390. The van der Waals surface area contributed by atoms with Gasteiger partial charge in [0.1, 0.15) is 0 Å². The summed E-state index contributed by atoms with van der Waals surface area (Å²) in [6.07, 6.45) is 0.872. The van der Waals surface area contributed by atoms with Gasteiger partial charge in [0.05, 0.1) is 6.61 Å². The average molecular weight is 113 g/mol. The normalized spacial score (nSPS) is 8.50. The van der Waals surface area contributed by atoms with Gasteiger partial charge in [-0.05, 0) is 6.92 Å². The summed E-state index contributed by atoms with van der Waals surface area (Å²) in [5.74, 6) is 0. The van der Waals surface area contributed by atoms with Crippen LogP contribution < -0.4 is 0 Å². The van der Waals surface area contributed by atoms with Gasteiger partial charge in [-0.2, -0.15) is 0 Å². The Morgan fingerprint density at radius 1 is 1.62 bits per heavy atom. The van der Waals surface area contributed by atoms with Crippen LogP contribution in [-0.4, -0.2) is 19.8 Å². The molecule has 0 saturated carbocycles. The first-order chi connectivity index (χ1) is 3.91. The predicted molar refractivity (Wildman–Crippen MR) is 32.6 cm³/mol. The van der Waals surface area contributed by atoms with E-state index in [2.05, 4.69) is 4.85 Å². The molecule has 0 unspecified atom stereocenters. The summed E-state index contributed by atoms with van der Waals surface area (Å²) in [4.78, 5) is 3.18. The van der Waals surface area contributed by atoms with Crippen LogP contribution in [0.15, 0.2) is 0 Å². The largest absolute Gasteiger partial charge is 0.381 e. The van der Waals surface area contributed by atoms with E-state index in [1.165, 1.54) is 0 Å². The summed E-state index contributed by atoms with van der Waals surface area (Å²) in [6.45, 7) is 10.5. The zero-order valence-electron chi connectivity index (χ0n) is 5.18. The SMILES string of the molecule is [C-]#[N+]CCCOCC. The molecule has 8 heavy (non-hydrogen) atoms. The third-order valence-corrected chi connectivity index (χ3v) is 0.763. The predicted octanol–water partition coefficient (Wildman–Crippen LogP) is 1.33. The number of hydrogen-bond acceptors (Lipinski definition) is 1. The molecule has 0 aliphatic heterocycles. The van der Waals surface area contributed by atoms with E-state index in [-0.39, 0.29) is 0 Å². The first-order valence-electron chi connectivity index (χ1n) is 2.82. The molecule has 0 aliphatic carbocycles. The van der Waals surface area contributed by atoms with E-state index in [1.807, 2.05) is 6.92 Å². The molecular weight excluding hydrogens is 102 g/mol. The molecule has 2 heteroatoms. The summed E-state index contributed by atoms with van der Waals surface area (Å²) in [5.41, 5.74) is 0. The topological polar surface area (TPSA) is 13.6 Å². The monoisotopic (exact) mass is 113 g/mol. The highest BCUT2D eigenvalue weighted by Gasteiger charge is 1.85. The molecule has 0 atom stereocenters. The van der Waals surface area contributed by atoms with E-state index in [9.17, 15) is 0 Å². The molecule has 0 aromatic carbocycles. The lowest BCUT2D eigenvalue weighted by atomic mass is 10.5. The minimum Gasteiger partial charge on any atom is -0.381 e. The van der Waals surface area contributed by atoms with Crippen LogP contribution in [0, 0.1) is 6.57 Å². The molecule has 0 radical (unpaired) electrons. The fraction of sp³-hybridized carbons (Fsp3) is 0.833. The van der Waals surface area contributed by atoms with Crippen molar-refractivity contribution in [3.05, 3.63) is 11.4 Å².